The average molecular weight is 574 g/mol. The van der Waals surface area contributed by atoms with E-state index in [1.807, 2.05) is 44.2 Å². The van der Waals surface area contributed by atoms with E-state index in [4.69, 9.17) is 21.1 Å². The van der Waals surface area contributed by atoms with Crippen LogP contribution in [0.2, 0.25) is 0 Å². The zero-order chi connectivity index (χ0) is 29.6. The number of ether oxygens (including phenoxy) is 2. The Bertz CT molecular complexity index is 1310. The summed E-state index contributed by atoms with van der Waals surface area (Å²) in [5.41, 5.74) is 3.68. The third-order valence-electron chi connectivity index (χ3n) is 7.05. The number of hydrogen-bond donors (Lipinski definition) is 0. The highest BCUT2D eigenvalue weighted by Gasteiger charge is 2.21. The van der Waals surface area contributed by atoms with Gasteiger partial charge in [0.15, 0.2) is 0 Å². The maximum absolute atomic E-state index is 12.8. The van der Waals surface area contributed by atoms with E-state index < -0.39 is 17.3 Å². The summed E-state index contributed by atoms with van der Waals surface area (Å²) in [4.78, 5) is 24.9. The molecular weight excluding hydrogens is 534 g/mol. The fourth-order valence-corrected chi connectivity index (χ4v) is 4.56. The van der Waals surface area contributed by atoms with Crippen LogP contribution in [-0.2, 0) is 11.2 Å². The molecule has 0 aliphatic carbocycles. The number of esters is 2. The molecule has 0 aliphatic heterocycles. The largest absolute Gasteiger partial charge is 0.425 e. The van der Waals surface area contributed by atoms with Crippen LogP contribution in [0.25, 0.3) is 11.1 Å². The number of rotatable bonds is 15. The number of benzene rings is 3. The fraction of sp³-hybridized carbons (Fsp3) is 0.400. The Morgan fingerprint density at radius 1 is 0.780 bits per heavy atom. The second-order valence-corrected chi connectivity index (χ2v) is 11.2. The molecule has 0 aliphatic rings. The number of carbonyl (C=O) groups is 2. The van der Waals surface area contributed by atoms with Crippen LogP contribution in [0.3, 0.4) is 0 Å². The molecule has 0 fully saturated rings. The van der Waals surface area contributed by atoms with Gasteiger partial charge in [0.2, 0.25) is 0 Å². The number of hydrogen-bond acceptors (Lipinski definition) is 5. The summed E-state index contributed by atoms with van der Waals surface area (Å²) in [6.07, 6.45) is 10.7. The van der Waals surface area contributed by atoms with Gasteiger partial charge in [0, 0.05) is 0 Å². The van der Waals surface area contributed by atoms with E-state index in [2.05, 4.69) is 13.0 Å². The Balaban J connectivity index is 1.52. The van der Waals surface area contributed by atoms with E-state index in [0.717, 1.165) is 36.0 Å². The van der Waals surface area contributed by atoms with Crippen LogP contribution >= 0.6 is 11.6 Å². The summed E-state index contributed by atoms with van der Waals surface area (Å²) >= 11 is 6.07. The number of alkyl halides is 1. The van der Waals surface area contributed by atoms with Crippen molar-refractivity contribution in [1.29, 1.82) is 5.26 Å². The first-order valence-electron chi connectivity index (χ1n) is 14.6. The molecule has 0 bridgehead atoms. The SMILES string of the molecule is CCCCCCCCCCc1ccc(C(=O)Oc2ccc(-c3ccc(OC(=O)C(Cl)C(C)C)cc3)cc2)cc1C#N. The third kappa shape index (κ3) is 10.1. The number of nitriles is 1. The van der Waals surface area contributed by atoms with Crippen molar-refractivity contribution >= 4 is 23.5 Å². The number of nitrogens with zero attached hydrogens (tertiary/aromatic N) is 1. The fourth-order valence-electron chi connectivity index (χ4n) is 4.52. The van der Waals surface area contributed by atoms with Crippen molar-refractivity contribution in [1.82, 2.24) is 0 Å². The van der Waals surface area contributed by atoms with Gasteiger partial charge in [-0.15, -0.1) is 11.6 Å². The maximum Gasteiger partial charge on any atom is 0.343 e. The minimum absolute atomic E-state index is 0.0200. The first-order valence-corrected chi connectivity index (χ1v) is 15.1. The van der Waals surface area contributed by atoms with Gasteiger partial charge in [-0.3, -0.25) is 4.79 Å². The molecule has 3 rings (SSSR count). The number of halogens is 1. The zero-order valence-electron chi connectivity index (χ0n) is 24.3. The lowest BCUT2D eigenvalue weighted by atomic mass is 9.99. The van der Waals surface area contributed by atoms with Gasteiger partial charge >= 0.3 is 11.9 Å². The minimum atomic E-state index is -0.700. The molecule has 0 saturated heterocycles. The van der Waals surface area contributed by atoms with Crippen molar-refractivity contribution in [2.24, 2.45) is 5.92 Å². The molecule has 5 nitrogen and oxygen atoms in total. The normalized spacial score (nSPS) is 11.6. The lowest BCUT2D eigenvalue weighted by Crippen LogP contribution is -2.25. The van der Waals surface area contributed by atoms with Crippen molar-refractivity contribution < 1.29 is 19.1 Å². The molecule has 1 atom stereocenters. The van der Waals surface area contributed by atoms with Gasteiger partial charge in [-0.1, -0.05) is 96.0 Å². The van der Waals surface area contributed by atoms with Gasteiger partial charge in [0.1, 0.15) is 16.9 Å². The summed E-state index contributed by atoms with van der Waals surface area (Å²) in [7, 11) is 0. The molecule has 41 heavy (non-hydrogen) atoms. The molecule has 0 aromatic heterocycles. The van der Waals surface area contributed by atoms with Gasteiger partial charge in [0.05, 0.1) is 17.2 Å². The van der Waals surface area contributed by atoms with Crippen LogP contribution in [0.1, 0.15) is 93.6 Å². The molecule has 0 radical (unpaired) electrons. The van der Waals surface area contributed by atoms with Crippen LogP contribution < -0.4 is 9.47 Å². The molecule has 0 spiro atoms. The Morgan fingerprint density at radius 2 is 1.32 bits per heavy atom. The van der Waals surface area contributed by atoms with Crippen molar-refractivity contribution in [2.45, 2.75) is 83.9 Å². The highest BCUT2D eigenvalue weighted by molar-refractivity contribution is 6.30. The molecule has 3 aromatic rings. The highest BCUT2D eigenvalue weighted by atomic mass is 35.5. The molecule has 1 unspecified atom stereocenters. The Kier molecular flexibility index (Phi) is 12.9. The second kappa shape index (κ2) is 16.6. The summed E-state index contributed by atoms with van der Waals surface area (Å²) in [6.45, 7) is 5.95. The monoisotopic (exact) mass is 573 g/mol. The molecule has 0 saturated carbocycles. The first kappa shape index (κ1) is 31.9. The predicted molar refractivity (Wildman–Crippen MR) is 164 cm³/mol. The van der Waals surface area contributed by atoms with Gasteiger partial charge in [0.25, 0.3) is 0 Å². The third-order valence-corrected chi connectivity index (χ3v) is 7.73. The summed E-state index contributed by atoms with van der Waals surface area (Å²) in [5.74, 6) is -0.157. The van der Waals surface area contributed by atoms with Crippen molar-refractivity contribution in [3.05, 3.63) is 83.4 Å². The van der Waals surface area contributed by atoms with E-state index in [9.17, 15) is 14.9 Å². The lowest BCUT2D eigenvalue weighted by molar-refractivity contribution is -0.134. The molecule has 3 aromatic carbocycles. The lowest BCUT2D eigenvalue weighted by Gasteiger charge is -2.12. The van der Waals surface area contributed by atoms with Crippen LogP contribution in [0, 0.1) is 17.2 Å². The van der Waals surface area contributed by atoms with Gasteiger partial charge in [-0.05, 0) is 71.8 Å². The van der Waals surface area contributed by atoms with E-state index in [1.165, 1.54) is 38.5 Å². The van der Waals surface area contributed by atoms with Crippen LogP contribution in [-0.4, -0.2) is 17.3 Å². The van der Waals surface area contributed by atoms with Crippen LogP contribution in [0.15, 0.2) is 66.7 Å². The van der Waals surface area contributed by atoms with Crippen molar-refractivity contribution in [2.75, 3.05) is 0 Å². The van der Waals surface area contributed by atoms with Crippen LogP contribution in [0.5, 0.6) is 11.5 Å². The quantitative estimate of drug-likeness (QED) is 0.0783. The molecule has 0 N–H and O–H groups in total. The predicted octanol–water partition coefficient (Wildman–Crippen LogP) is 9.30. The molecule has 216 valence electrons. The molecule has 6 heteroatoms. The van der Waals surface area contributed by atoms with Gasteiger partial charge in [-0.25, -0.2) is 4.79 Å². The Morgan fingerprint density at radius 3 is 1.85 bits per heavy atom. The van der Waals surface area contributed by atoms with Crippen molar-refractivity contribution in [3.8, 4) is 28.7 Å². The average Bonchev–Trinajstić information content (AvgIpc) is 2.98. The topological polar surface area (TPSA) is 76.4 Å². The van der Waals surface area contributed by atoms with Crippen molar-refractivity contribution in [3.63, 3.8) is 0 Å². The highest BCUT2D eigenvalue weighted by Crippen LogP contribution is 2.26. The second-order valence-electron chi connectivity index (χ2n) is 10.7. The van der Waals surface area contributed by atoms with E-state index in [1.54, 1.807) is 36.4 Å². The standard InChI is InChI=1S/C35H40ClNO4/c1-4-5-6-7-8-9-10-11-12-26-13-14-29(23-30(26)24-37)34(38)40-31-19-15-27(16-20-31)28-17-21-32(22-18-28)41-35(39)33(36)25(2)3/h13-23,25,33H,4-12H2,1-3H3. The van der Waals surface area contributed by atoms with Gasteiger partial charge in [-0.2, -0.15) is 5.26 Å². The summed E-state index contributed by atoms with van der Waals surface area (Å²) < 4.78 is 10.9. The van der Waals surface area contributed by atoms with E-state index in [0.29, 0.717) is 22.6 Å². The first-order chi connectivity index (χ1) is 19.8. The van der Waals surface area contributed by atoms with E-state index in [-0.39, 0.29) is 5.92 Å². The van der Waals surface area contributed by atoms with Gasteiger partial charge < -0.3 is 9.47 Å². The summed E-state index contributed by atoms with van der Waals surface area (Å²) in [6, 6.07) is 21.8. The smallest absolute Gasteiger partial charge is 0.343 e. The molecule has 0 amide bonds. The Labute approximate surface area is 249 Å². The summed E-state index contributed by atoms with van der Waals surface area (Å²) in [5, 5.41) is 8.95. The number of aryl methyl sites for hydroxylation is 1. The number of unbranched alkanes of at least 4 members (excludes halogenated alkanes) is 7. The van der Waals surface area contributed by atoms with Crippen LogP contribution in [0.4, 0.5) is 0 Å². The maximum atomic E-state index is 12.8. The van der Waals surface area contributed by atoms with E-state index >= 15 is 0 Å². The minimum Gasteiger partial charge on any atom is -0.425 e. The number of carbonyl (C=O) groups excluding carboxylic acids is 2. The zero-order valence-corrected chi connectivity index (χ0v) is 25.1. The molecule has 0 heterocycles. The Hall–Kier alpha value is -3.62. The molecular formula is C35H40ClNO4.